The number of para-hydroxylation sites is 1. The van der Waals surface area contributed by atoms with Crippen LogP contribution in [0.4, 0.5) is 5.69 Å². The third-order valence-electron chi connectivity index (χ3n) is 5.61. The first-order chi connectivity index (χ1) is 17.1. The highest BCUT2D eigenvalue weighted by Crippen LogP contribution is 2.38. The number of anilines is 1. The summed E-state index contributed by atoms with van der Waals surface area (Å²) in [6, 6.07) is 25.7. The van der Waals surface area contributed by atoms with Gasteiger partial charge in [0.1, 0.15) is 19.8 Å². The molecule has 0 saturated carbocycles. The van der Waals surface area contributed by atoms with Gasteiger partial charge in [-0.1, -0.05) is 54.6 Å². The number of hydrogen-bond donors (Lipinski definition) is 2. The van der Waals surface area contributed by atoms with Gasteiger partial charge in [-0.25, -0.2) is 8.42 Å². The first kappa shape index (κ1) is 23.0. The number of fused-ring (bicyclic) bond motifs is 2. The number of sulfonamides is 1. The van der Waals surface area contributed by atoms with Crippen LogP contribution < -0.4 is 24.2 Å². The highest BCUT2D eigenvalue weighted by atomic mass is 32.2. The molecule has 1 heterocycles. The van der Waals surface area contributed by atoms with Gasteiger partial charge in [0.15, 0.2) is 11.5 Å². The largest absolute Gasteiger partial charge is 0.488 e. The molecule has 0 bridgehead atoms. The normalized spacial score (nSPS) is 12.9. The van der Waals surface area contributed by atoms with Gasteiger partial charge in [0.2, 0.25) is 5.75 Å². The van der Waals surface area contributed by atoms with E-state index >= 15 is 0 Å². The molecule has 7 nitrogen and oxygen atoms in total. The fourth-order valence-corrected chi connectivity index (χ4v) is 5.29. The fraction of sp³-hybridized carbons (Fsp3) is 0.185. The minimum atomic E-state index is -3.74. The Bertz CT molecular complexity index is 1430. The van der Waals surface area contributed by atoms with Crippen molar-refractivity contribution in [1.82, 2.24) is 5.32 Å². The number of rotatable bonds is 9. The van der Waals surface area contributed by atoms with Gasteiger partial charge in [-0.2, -0.15) is 0 Å². The van der Waals surface area contributed by atoms with Crippen molar-refractivity contribution in [2.45, 2.75) is 11.4 Å². The Morgan fingerprint density at radius 3 is 2.60 bits per heavy atom. The van der Waals surface area contributed by atoms with E-state index in [4.69, 9.17) is 14.2 Å². The van der Waals surface area contributed by atoms with Crippen molar-refractivity contribution in [1.29, 1.82) is 0 Å². The molecule has 1 aliphatic rings. The number of nitrogens with one attached hydrogen (secondary N) is 2. The highest BCUT2D eigenvalue weighted by Gasteiger charge is 2.18. The average Bonchev–Trinajstić information content (AvgIpc) is 2.88. The lowest BCUT2D eigenvalue weighted by Gasteiger charge is -2.20. The summed E-state index contributed by atoms with van der Waals surface area (Å²) in [6.07, 6.45) is 0. The van der Waals surface area contributed by atoms with Crippen LogP contribution in [-0.2, 0) is 16.6 Å². The lowest BCUT2D eigenvalue weighted by Crippen LogP contribution is -2.21. The van der Waals surface area contributed by atoms with Crippen molar-refractivity contribution in [3.8, 4) is 17.2 Å². The molecule has 0 unspecified atom stereocenters. The molecule has 0 spiro atoms. The van der Waals surface area contributed by atoms with Crippen LogP contribution in [0.25, 0.3) is 10.8 Å². The molecule has 0 saturated heterocycles. The van der Waals surface area contributed by atoms with Crippen molar-refractivity contribution in [3.63, 3.8) is 0 Å². The van der Waals surface area contributed by atoms with Crippen molar-refractivity contribution in [2.24, 2.45) is 0 Å². The van der Waals surface area contributed by atoms with E-state index in [1.54, 1.807) is 18.2 Å². The Balaban J connectivity index is 1.18. The first-order valence-corrected chi connectivity index (χ1v) is 12.9. The maximum Gasteiger partial charge on any atom is 0.262 e. The second kappa shape index (κ2) is 10.2. The minimum absolute atomic E-state index is 0.258. The molecule has 4 aromatic rings. The van der Waals surface area contributed by atoms with E-state index in [9.17, 15) is 8.42 Å². The van der Waals surface area contributed by atoms with E-state index in [0.29, 0.717) is 61.2 Å². The summed E-state index contributed by atoms with van der Waals surface area (Å²) in [4.78, 5) is 0.258. The molecule has 5 rings (SSSR count). The zero-order chi connectivity index (χ0) is 24.1. The molecule has 0 aliphatic carbocycles. The minimum Gasteiger partial charge on any atom is -0.488 e. The van der Waals surface area contributed by atoms with Crippen LogP contribution in [0.3, 0.4) is 0 Å². The molecule has 180 valence electrons. The maximum absolute atomic E-state index is 13.1. The highest BCUT2D eigenvalue weighted by molar-refractivity contribution is 7.93. The molecule has 0 atom stereocenters. The van der Waals surface area contributed by atoms with E-state index in [1.807, 2.05) is 66.7 Å². The Morgan fingerprint density at radius 1 is 0.857 bits per heavy atom. The Labute approximate surface area is 204 Å². The molecule has 8 heteroatoms. The van der Waals surface area contributed by atoms with Crippen LogP contribution in [-0.4, -0.2) is 34.8 Å². The lowest BCUT2D eigenvalue weighted by atomic mass is 10.1. The van der Waals surface area contributed by atoms with Crippen molar-refractivity contribution in [3.05, 3.63) is 90.5 Å². The van der Waals surface area contributed by atoms with Gasteiger partial charge in [-0.3, -0.25) is 4.72 Å². The van der Waals surface area contributed by atoms with Crippen LogP contribution in [0.1, 0.15) is 5.56 Å². The summed E-state index contributed by atoms with van der Waals surface area (Å²) < 4.78 is 46.0. The Kier molecular flexibility index (Phi) is 6.74. The summed E-state index contributed by atoms with van der Waals surface area (Å²) in [5, 5.41) is 4.90. The standard InChI is InChI=1S/C27H26N2O5S/c30-35(31,26-13-4-8-21-7-1-2-10-23(21)26)29-22-9-3-6-20(18-22)19-28-14-15-32-24-11-5-12-25-27(24)34-17-16-33-25/h1-13,18,28-29H,14-17,19H2. The van der Waals surface area contributed by atoms with E-state index in [1.165, 1.54) is 0 Å². The van der Waals surface area contributed by atoms with Gasteiger partial charge >= 0.3 is 0 Å². The summed E-state index contributed by atoms with van der Waals surface area (Å²) >= 11 is 0. The van der Waals surface area contributed by atoms with E-state index in [0.717, 1.165) is 10.9 Å². The van der Waals surface area contributed by atoms with Gasteiger partial charge in [0, 0.05) is 24.2 Å². The Hall–Kier alpha value is -3.75. The second-order valence-electron chi connectivity index (χ2n) is 8.09. The summed E-state index contributed by atoms with van der Waals surface area (Å²) in [6.45, 7) is 2.67. The second-order valence-corrected chi connectivity index (χ2v) is 9.74. The van der Waals surface area contributed by atoms with Crippen LogP contribution >= 0.6 is 0 Å². The van der Waals surface area contributed by atoms with Gasteiger partial charge in [0.25, 0.3) is 10.0 Å². The summed E-state index contributed by atoms with van der Waals surface area (Å²) in [5.41, 5.74) is 1.47. The van der Waals surface area contributed by atoms with E-state index < -0.39 is 10.0 Å². The maximum atomic E-state index is 13.1. The van der Waals surface area contributed by atoms with Crippen molar-refractivity contribution < 1.29 is 22.6 Å². The smallest absolute Gasteiger partial charge is 0.262 e. The number of ether oxygens (including phenoxy) is 3. The molecule has 0 aromatic heterocycles. The Morgan fingerprint density at radius 2 is 1.66 bits per heavy atom. The quantitative estimate of drug-likeness (QED) is 0.334. The van der Waals surface area contributed by atoms with E-state index in [-0.39, 0.29) is 4.90 Å². The molecular weight excluding hydrogens is 464 g/mol. The topological polar surface area (TPSA) is 85.9 Å². The third-order valence-corrected chi connectivity index (χ3v) is 7.05. The first-order valence-electron chi connectivity index (χ1n) is 11.4. The molecule has 0 fully saturated rings. The van der Waals surface area contributed by atoms with Crippen molar-refractivity contribution in [2.75, 3.05) is 31.1 Å². The molecule has 1 aliphatic heterocycles. The van der Waals surface area contributed by atoms with E-state index in [2.05, 4.69) is 10.0 Å². The SMILES string of the molecule is O=S(=O)(Nc1cccc(CNCCOc2cccc3c2OCCO3)c1)c1cccc2ccccc12. The lowest BCUT2D eigenvalue weighted by molar-refractivity contribution is 0.162. The van der Waals surface area contributed by atoms with Crippen LogP contribution in [0, 0.1) is 0 Å². The third kappa shape index (κ3) is 5.34. The van der Waals surface area contributed by atoms with Gasteiger partial charge < -0.3 is 19.5 Å². The number of benzene rings is 4. The zero-order valence-electron chi connectivity index (χ0n) is 19.1. The van der Waals surface area contributed by atoms with Crippen LogP contribution in [0.15, 0.2) is 89.8 Å². The van der Waals surface area contributed by atoms with Gasteiger partial charge in [-0.05, 0) is 41.3 Å². The van der Waals surface area contributed by atoms with Gasteiger partial charge in [-0.15, -0.1) is 0 Å². The molecule has 0 radical (unpaired) electrons. The molecule has 35 heavy (non-hydrogen) atoms. The summed E-state index contributed by atoms with van der Waals surface area (Å²) in [7, 11) is -3.74. The average molecular weight is 491 g/mol. The van der Waals surface area contributed by atoms with Crippen LogP contribution in [0.5, 0.6) is 17.2 Å². The number of hydrogen-bond acceptors (Lipinski definition) is 6. The molecular formula is C27H26N2O5S. The predicted molar refractivity (Wildman–Crippen MR) is 136 cm³/mol. The zero-order valence-corrected chi connectivity index (χ0v) is 19.9. The molecule has 0 amide bonds. The molecule has 4 aromatic carbocycles. The predicted octanol–water partition coefficient (Wildman–Crippen LogP) is 4.58. The van der Waals surface area contributed by atoms with Gasteiger partial charge in [0.05, 0.1) is 4.90 Å². The molecule has 2 N–H and O–H groups in total. The monoisotopic (exact) mass is 490 g/mol. The fourth-order valence-electron chi connectivity index (χ4n) is 4.01. The summed E-state index contributed by atoms with van der Waals surface area (Å²) in [5.74, 6) is 2.00. The van der Waals surface area contributed by atoms with Crippen LogP contribution in [0.2, 0.25) is 0 Å². The van der Waals surface area contributed by atoms with Crippen molar-refractivity contribution >= 4 is 26.5 Å².